The normalized spacial score (nSPS) is 12.7. The van der Waals surface area contributed by atoms with Crippen LogP contribution in [0.15, 0.2) is 30.3 Å². The van der Waals surface area contributed by atoms with Crippen LogP contribution in [0.5, 0.6) is 0 Å². The van der Waals surface area contributed by atoms with Crippen LogP contribution in [-0.2, 0) is 16.0 Å². The van der Waals surface area contributed by atoms with Crippen molar-refractivity contribution in [3.63, 3.8) is 0 Å². The molecule has 0 aliphatic carbocycles. The Kier molecular flexibility index (Phi) is 6.40. The lowest BCUT2D eigenvalue weighted by Gasteiger charge is -2.26. The molecule has 0 unspecified atom stereocenters. The van der Waals surface area contributed by atoms with Gasteiger partial charge in [-0.3, -0.25) is 4.79 Å². The van der Waals surface area contributed by atoms with Gasteiger partial charge in [0.15, 0.2) is 0 Å². The molecule has 4 heteroatoms. The molecule has 1 atom stereocenters. The molecule has 0 spiro atoms. The van der Waals surface area contributed by atoms with Crippen LogP contribution < -0.4 is 5.32 Å². The average Bonchev–Trinajstić information content (AvgIpc) is 2.43. The van der Waals surface area contributed by atoms with Crippen molar-refractivity contribution in [3.8, 4) is 0 Å². The number of hydrogen-bond donors (Lipinski definition) is 2. The van der Waals surface area contributed by atoms with Gasteiger partial charge in [0.25, 0.3) is 0 Å². The molecule has 116 valence electrons. The van der Waals surface area contributed by atoms with Gasteiger partial charge in [-0.25, -0.2) is 4.79 Å². The molecular weight excluding hydrogens is 266 g/mol. The predicted molar refractivity (Wildman–Crippen MR) is 83.0 cm³/mol. The van der Waals surface area contributed by atoms with E-state index in [1.807, 2.05) is 51.1 Å². The van der Waals surface area contributed by atoms with Gasteiger partial charge in [-0.15, -0.1) is 0 Å². The van der Waals surface area contributed by atoms with Crippen LogP contribution in [0.4, 0.5) is 0 Å². The summed E-state index contributed by atoms with van der Waals surface area (Å²) in [5.41, 5.74) is 0.430. The van der Waals surface area contributed by atoms with Gasteiger partial charge in [-0.2, -0.15) is 0 Å². The Morgan fingerprint density at radius 1 is 1.24 bits per heavy atom. The number of rotatable bonds is 8. The van der Waals surface area contributed by atoms with Crippen molar-refractivity contribution >= 4 is 11.9 Å². The molecule has 0 heterocycles. The molecule has 0 aliphatic heterocycles. The van der Waals surface area contributed by atoms with Crippen LogP contribution in [0.3, 0.4) is 0 Å². The Morgan fingerprint density at radius 3 is 2.38 bits per heavy atom. The van der Waals surface area contributed by atoms with E-state index in [9.17, 15) is 14.7 Å². The first-order valence-corrected chi connectivity index (χ1v) is 7.44. The fourth-order valence-corrected chi connectivity index (χ4v) is 2.21. The van der Waals surface area contributed by atoms with Gasteiger partial charge >= 0.3 is 5.97 Å². The highest BCUT2D eigenvalue weighted by Gasteiger charge is 2.31. The molecule has 4 nitrogen and oxygen atoms in total. The Hall–Kier alpha value is -1.84. The van der Waals surface area contributed by atoms with Crippen LogP contribution in [0.1, 0.15) is 45.6 Å². The fourth-order valence-electron chi connectivity index (χ4n) is 2.21. The zero-order valence-corrected chi connectivity index (χ0v) is 13.1. The summed E-state index contributed by atoms with van der Waals surface area (Å²) in [4.78, 5) is 23.6. The van der Waals surface area contributed by atoms with E-state index in [2.05, 4.69) is 5.32 Å². The van der Waals surface area contributed by atoms with E-state index in [0.29, 0.717) is 12.8 Å². The minimum atomic E-state index is -0.965. The first kappa shape index (κ1) is 17.2. The lowest BCUT2D eigenvalue weighted by molar-refractivity contribution is -0.143. The summed E-state index contributed by atoms with van der Waals surface area (Å²) in [6.45, 7) is 5.68. The molecule has 0 radical (unpaired) electrons. The third-order valence-electron chi connectivity index (χ3n) is 3.55. The zero-order chi connectivity index (χ0) is 15.9. The van der Waals surface area contributed by atoms with Crippen molar-refractivity contribution in [1.82, 2.24) is 5.32 Å². The lowest BCUT2D eigenvalue weighted by atomic mass is 9.84. The van der Waals surface area contributed by atoms with Gasteiger partial charge < -0.3 is 10.4 Å². The standard InChI is InChI=1S/C17H25NO3/c1-4-5-11-14(15(19)20)18-16(21)17(2,3)12-13-9-7-6-8-10-13/h6-10,14H,4-5,11-12H2,1-3H3,(H,18,21)(H,19,20)/t14-/m0/s1. The van der Waals surface area contributed by atoms with E-state index in [1.54, 1.807) is 0 Å². The predicted octanol–water partition coefficient (Wildman–Crippen LogP) is 3.01. The third kappa shape index (κ3) is 5.58. The second-order valence-electron chi connectivity index (χ2n) is 6.05. The molecule has 0 bridgehead atoms. The van der Waals surface area contributed by atoms with Crippen molar-refractivity contribution in [2.24, 2.45) is 5.41 Å². The SMILES string of the molecule is CCCC[C@H](NC(=O)C(C)(C)Cc1ccccc1)C(=O)O. The maximum atomic E-state index is 12.4. The van der Waals surface area contributed by atoms with Gasteiger partial charge in [-0.05, 0) is 18.4 Å². The average molecular weight is 291 g/mol. The highest BCUT2D eigenvalue weighted by molar-refractivity contribution is 5.87. The summed E-state index contributed by atoms with van der Waals surface area (Å²) in [6, 6.07) is 8.95. The molecule has 1 aromatic rings. The maximum Gasteiger partial charge on any atom is 0.326 e. The minimum Gasteiger partial charge on any atom is -0.480 e. The number of carboxylic acid groups (broad SMARTS) is 1. The molecular formula is C17H25NO3. The van der Waals surface area contributed by atoms with E-state index >= 15 is 0 Å². The number of aliphatic carboxylic acids is 1. The van der Waals surface area contributed by atoms with Crippen LogP contribution in [0.25, 0.3) is 0 Å². The number of amides is 1. The fraction of sp³-hybridized carbons (Fsp3) is 0.529. The van der Waals surface area contributed by atoms with E-state index in [0.717, 1.165) is 18.4 Å². The topological polar surface area (TPSA) is 66.4 Å². The number of carbonyl (C=O) groups excluding carboxylic acids is 1. The third-order valence-corrected chi connectivity index (χ3v) is 3.55. The smallest absolute Gasteiger partial charge is 0.326 e. The molecule has 1 aromatic carbocycles. The quantitative estimate of drug-likeness (QED) is 0.773. The number of nitrogens with one attached hydrogen (secondary N) is 1. The Balaban J connectivity index is 2.68. The van der Waals surface area contributed by atoms with Crippen molar-refractivity contribution in [2.75, 3.05) is 0 Å². The summed E-state index contributed by atoms with van der Waals surface area (Å²) in [6.07, 6.45) is 2.75. The molecule has 2 N–H and O–H groups in total. The monoisotopic (exact) mass is 291 g/mol. The number of benzene rings is 1. The summed E-state index contributed by atoms with van der Waals surface area (Å²) in [7, 11) is 0. The number of unbranched alkanes of at least 4 members (excludes halogenated alkanes) is 1. The molecule has 0 aliphatic rings. The summed E-state index contributed by atoms with van der Waals surface area (Å²) >= 11 is 0. The van der Waals surface area contributed by atoms with E-state index in [4.69, 9.17) is 0 Å². The summed E-state index contributed by atoms with van der Waals surface area (Å²) < 4.78 is 0. The second kappa shape index (κ2) is 7.81. The number of carbonyl (C=O) groups is 2. The van der Waals surface area contributed by atoms with Crippen molar-refractivity contribution < 1.29 is 14.7 Å². The van der Waals surface area contributed by atoms with Crippen molar-refractivity contribution in [2.45, 2.75) is 52.5 Å². The molecule has 0 aromatic heterocycles. The first-order valence-electron chi connectivity index (χ1n) is 7.44. The molecule has 1 rings (SSSR count). The molecule has 0 saturated heterocycles. The number of hydrogen-bond acceptors (Lipinski definition) is 2. The van der Waals surface area contributed by atoms with E-state index in [1.165, 1.54) is 0 Å². The van der Waals surface area contributed by atoms with Crippen LogP contribution >= 0.6 is 0 Å². The largest absolute Gasteiger partial charge is 0.480 e. The van der Waals surface area contributed by atoms with Crippen molar-refractivity contribution in [1.29, 1.82) is 0 Å². The van der Waals surface area contributed by atoms with Gasteiger partial charge in [0, 0.05) is 5.41 Å². The Morgan fingerprint density at radius 2 is 1.86 bits per heavy atom. The highest BCUT2D eigenvalue weighted by atomic mass is 16.4. The van der Waals surface area contributed by atoms with Crippen LogP contribution in [0.2, 0.25) is 0 Å². The van der Waals surface area contributed by atoms with Gasteiger partial charge in [0.05, 0.1) is 0 Å². The molecule has 21 heavy (non-hydrogen) atoms. The first-order chi connectivity index (χ1) is 9.86. The summed E-state index contributed by atoms with van der Waals surface area (Å²) in [5, 5.41) is 11.9. The Bertz CT molecular complexity index is 468. The lowest BCUT2D eigenvalue weighted by Crippen LogP contribution is -2.47. The maximum absolute atomic E-state index is 12.4. The Labute approximate surface area is 126 Å². The second-order valence-corrected chi connectivity index (χ2v) is 6.05. The van der Waals surface area contributed by atoms with E-state index in [-0.39, 0.29) is 5.91 Å². The van der Waals surface area contributed by atoms with Crippen LogP contribution in [-0.4, -0.2) is 23.0 Å². The number of carboxylic acids is 1. The highest BCUT2D eigenvalue weighted by Crippen LogP contribution is 2.22. The van der Waals surface area contributed by atoms with Gasteiger partial charge in [0.1, 0.15) is 6.04 Å². The molecule has 0 saturated carbocycles. The van der Waals surface area contributed by atoms with Crippen molar-refractivity contribution in [3.05, 3.63) is 35.9 Å². The molecule has 1 amide bonds. The van der Waals surface area contributed by atoms with Gasteiger partial charge in [0.2, 0.25) is 5.91 Å². The van der Waals surface area contributed by atoms with Crippen LogP contribution in [0, 0.1) is 5.41 Å². The van der Waals surface area contributed by atoms with E-state index < -0.39 is 17.4 Å². The summed E-state index contributed by atoms with van der Waals surface area (Å²) in [5.74, 6) is -1.18. The minimum absolute atomic E-state index is 0.213. The zero-order valence-electron chi connectivity index (χ0n) is 13.1. The molecule has 0 fully saturated rings. The van der Waals surface area contributed by atoms with Gasteiger partial charge in [-0.1, -0.05) is 63.9 Å².